The third-order valence-electron chi connectivity index (χ3n) is 3.52. The summed E-state index contributed by atoms with van der Waals surface area (Å²) in [5.41, 5.74) is 0.316. The molecule has 0 spiro atoms. The summed E-state index contributed by atoms with van der Waals surface area (Å²) < 4.78 is 5.33. The predicted molar refractivity (Wildman–Crippen MR) is 90.2 cm³/mol. The Morgan fingerprint density at radius 1 is 1.33 bits per heavy atom. The summed E-state index contributed by atoms with van der Waals surface area (Å²) in [4.78, 5) is 12.6. The van der Waals surface area contributed by atoms with Gasteiger partial charge in [0.2, 0.25) is 0 Å². The number of hydrogen-bond donors (Lipinski definition) is 1. The lowest BCUT2D eigenvalue weighted by molar-refractivity contribution is -0.149. The molecule has 1 saturated heterocycles. The summed E-state index contributed by atoms with van der Waals surface area (Å²) in [5.74, 6) is 1.61. The smallest absolute Gasteiger partial charge is 0.332 e. The fraction of sp³-hybridized carbons (Fsp3) is 0.562. The van der Waals surface area contributed by atoms with E-state index >= 15 is 0 Å². The quantitative estimate of drug-likeness (QED) is 0.840. The van der Waals surface area contributed by atoms with Crippen LogP contribution in [0.5, 0.6) is 0 Å². The van der Waals surface area contributed by atoms with E-state index in [1.807, 2.05) is 31.2 Å². The Hall–Kier alpha value is -0.870. The lowest BCUT2D eigenvalue weighted by Crippen LogP contribution is -2.55. The van der Waals surface area contributed by atoms with Crippen LogP contribution in [0.4, 0.5) is 5.69 Å². The molecule has 1 aromatic rings. The monoisotopic (exact) mass is 327 g/mol. The number of anilines is 1. The van der Waals surface area contributed by atoms with Gasteiger partial charge in [0.15, 0.2) is 0 Å². The highest BCUT2D eigenvalue weighted by Crippen LogP contribution is 2.41. The second kappa shape index (κ2) is 6.49. The van der Waals surface area contributed by atoms with Crippen molar-refractivity contribution in [1.29, 1.82) is 0 Å². The Labute approximate surface area is 135 Å². The van der Waals surface area contributed by atoms with Crippen molar-refractivity contribution in [2.75, 3.05) is 23.4 Å². The first-order valence-electron chi connectivity index (χ1n) is 7.16. The van der Waals surface area contributed by atoms with E-state index in [0.717, 1.165) is 23.6 Å². The van der Waals surface area contributed by atoms with Crippen LogP contribution >= 0.6 is 23.4 Å². The molecule has 0 saturated carbocycles. The second-order valence-electron chi connectivity index (χ2n) is 6.27. The van der Waals surface area contributed by atoms with E-state index in [0.29, 0.717) is 11.6 Å². The molecule has 0 aromatic heterocycles. The summed E-state index contributed by atoms with van der Waals surface area (Å²) in [6, 6.07) is 7.44. The standard InChI is InChI=1S/C16H22ClNO2S/c1-4-20-14(19)16(9-15(2,3)10-21-11-16)18-13-7-5-12(17)6-8-13/h5-8,18H,4,9-11H2,1-3H3. The van der Waals surface area contributed by atoms with Gasteiger partial charge in [-0.3, -0.25) is 0 Å². The summed E-state index contributed by atoms with van der Waals surface area (Å²) in [5, 5.41) is 4.09. The van der Waals surface area contributed by atoms with Crippen LogP contribution in [-0.2, 0) is 9.53 Å². The average molecular weight is 328 g/mol. The molecule has 116 valence electrons. The van der Waals surface area contributed by atoms with Gasteiger partial charge in [-0.05, 0) is 48.8 Å². The van der Waals surface area contributed by atoms with Crippen LogP contribution in [0.2, 0.25) is 5.02 Å². The number of carbonyl (C=O) groups is 1. The molecule has 1 atom stereocenters. The molecule has 5 heteroatoms. The van der Waals surface area contributed by atoms with E-state index in [2.05, 4.69) is 19.2 Å². The van der Waals surface area contributed by atoms with Crippen molar-refractivity contribution >= 4 is 35.0 Å². The number of ether oxygens (including phenoxy) is 1. The number of hydrogen-bond acceptors (Lipinski definition) is 4. The van der Waals surface area contributed by atoms with E-state index in [-0.39, 0.29) is 11.4 Å². The van der Waals surface area contributed by atoms with Crippen molar-refractivity contribution in [3.63, 3.8) is 0 Å². The minimum absolute atomic E-state index is 0.0924. The molecular weight excluding hydrogens is 306 g/mol. The Balaban J connectivity index is 2.27. The molecule has 3 nitrogen and oxygen atoms in total. The molecule has 1 aromatic carbocycles. The Kier molecular flexibility index (Phi) is 5.10. The molecule has 1 unspecified atom stereocenters. The van der Waals surface area contributed by atoms with Gasteiger partial charge in [-0.1, -0.05) is 25.4 Å². The van der Waals surface area contributed by atoms with Crippen LogP contribution in [0.3, 0.4) is 0 Å². The molecular formula is C16H22ClNO2S. The highest BCUT2D eigenvalue weighted by atomic mass is 35.5. The molecule has 1 N–H and O–H groups in total. The van der Waals surface area contributed by atoms with Gasteiger partial charge in [0, 0.05) is 16.5 Å². The minimum Gasteiger partial charge on any atom is -0.464 e. The highest BCUT2D eigenvalue weighted by molar-refractivity contribution is 7.99. The fourth-order valence-electron chi connectivity index (χ4n) is 2.76. The maximum atomic E-state index is 12.6. The maximum absolute atomic E-state index is 12.6. The van der Waals surface area contributed by atoms with Crippen molar-refractivity contribution < 1.29 is 9.53 Å². The van der Waals surface area contributed by atoms with Crippen molar-refractivity contribution in [2.24, 2.45) is 5.41 Å². The number of esters is 1. The van der Waals surface area contributed by atoms with Crippen molar-refractivity contribution in [3.05, 3.63) is 29.3 Å². The number of carbonyl (C=O) groups excluding carboxylic acids is 1. The van der Waals surface area contributed by atoms with E-state index in [4.69, 9.17) is 16.3 Å². The number of thioether (sulfide) groups is 1. The molecule has 0 radical (unpaired) electrons. The molecule has 0 amide bonds. The number of benzene rings is 1. The normalized spacial score (nSPS) is 24.4. The SMILES string of the molecule is CCOC(=O)C1(Nc2ccc(Cl)cc2)CSCC(C)(C)C1. The highest BCUT2D eigenvalue weighted by Gasteiger charge is 2.47. The molecule has 1 aliphatic rings. The van der Waals surface area contributed by atoms with E-state index < -0.39 is 5.54 Å². The van der Waals surface area contributed by atoms with Crippen molar-refractivity contribution in [3.8, 4) is 0 Å². The zero-order valence-corrected chi connectivity index (χ0v) is 14.3. The topological polar surface area (TPSA) is 38.3 Å². The Morgan fingerprint density at radius 2 is 2.00 bits per heavy atom. The number of nitrogens with one attached hydrogen (secondary N) is 1. The first-order chi connectivity index (χ1) is 9.87. The molecule has 2 rings (SSSR count). The zero-order chi connectivity index (χ0) is 15.5. The minimum atomic E-state index is -0.670. The molecule has 1 heterocycles. The number of rotatable bonds is 4. The first kappa shape index (κ1) is 16.5. The third-order valence-corrected chi connectivity index (χ3v) is 5.45. The van der Waals surface area contributed by atoms with E-state index in [9.17, 15) is 4.79 Å². The fourth-order valence-corrected chi connectivity index (χ4v) is 4.28. The molecule has 1 aliphatic heterocycles. The summed E-state index contributed by atoms with van der Waals surface area (Å²) >= 11 is 7.72. The largest absolute Gasteiger partial charge is 0.464 e. The number of halogens is 1. The maximum Gasteiger partial charge on any atom is 0.332 e. The Morgan fingerprint density at radius 3 is 2.57 bits per heavy atom. The summed E-state index contributed by atoms with van der Waals surface area (Å²) in [6.45, 7) is 6.62. The van der Waals surface area contributed by atoms with E-state index in [1.54, 1.807) is 11.8 Å². The molecule has 0 bridgehead atoms. The molecule has 21 heavy (non-hydrogen) atoms. The van der Waals surface area contributed by atoms with Crippen LogP contribution in [0.1, 0.15) is 27.2 Å². The van der Waals surface area contributed by atoms with Crippen LogP contribution in [-0.4, -0.2) is 29.6 Å². The summed E-state index contributed by atoms with van der Waals surface area (Å²) in [6.07, 6.45) is 0.758. The van der Waals surface area contributed by atoms with Gasteiger partial charge in [-0.15, -0.1) is 0 Å². The van der Waals surface area contributed by atoms with Crippen LogP contribution in [0, 0.1) is 5.41 Å². The lowest BCUT2D eigenvalue weighted by atomic mass is 9.79. The second-order valence-corrected chi connectivity index (χ2v) is 7.69. The van der Waals surface area contributed by atoms with Gasteiger partial charge >= 0.3 is 5.97 Å². The van der Waals surface area contributed by atoms with Gasteiger partial charge in [0.05, 0.1) is 6.61 Å². The molecule has 1 fully saturated rings. The van der Waals surface area contributed by atoms with Gasteiger partial charge < -0.3 is 10.1 Å². The van der Waals surface area contributed by atoms with Crippen LogP contribution < -0.4 is 5.32 Å². The molecule has 0 aliphatic carbocycles. The average Bonchev–Trinajstić information content (AvgIpc) is 2.40. The van der Waals surface area contributed by atoms with Crippen molar-refractivity contribution in [2.45, 2.75) is 32.7 Å². The third kappa shape index (κ3) is 4.07. The van der Waals surface area contributed by atoms with Crippen LogP contribution in [0.15, 0.2) is 24.3 Å². The first-order valence-corrected chi connectivity index (χ1v) is 8.69. The van der Waals surface area contributed by atoms with Gasteiger partial charge in [-0.2, -0.15) is 11.8 Å². The van der Waals surface area contributed by atoms with Gasteiger partial charge in [-0.25, -0.2) is 4.79 Å². The lowest BCUT2D eigenvalue weighted by Gasteiger charge is -2.43. The van der Waals surface area contributed by atoms with E-state index in [1.165, 1.54) is 0 Å². The van der Waals surface area contributed by atoms with Gasteiger partial charge in [0.1, 0.15) is 5.54 Å². The van der Waals surface area contributed by atoms with Gasteiger partial charge in [0.25, 0.3) is 0 Å². The Bertz CT molecular complexity index is 504. The predicted octanol–water partition coefficient (Wildman–Crippen LogP) is 4.22. The van der Waals surface area contributed by atoms with Crippen molar-refractivity contribution in [1.82, 2.24) is 0 Å². The van der Waals surface area contributed by atoms with Crippen LogP contribution in [0.25, 0.3) is 0 Å². The summed E-state index contributed by atoms with van der Waals surface area (Å²) in [7, 11) is 0. The zero-order valence-electron chi connectivity index (χ0n) is 12.7.